The van der Waals surface area contributed by atoms with Crippen molar-refractivity contribution in [1.29, 1.82) is 5.26 Å². The predicted molar refractivity (Wildman–Crippen MR) is 122 cm³/mol. The molecule has 1 aromatic heterocycles. The number of nitrogens with zero attached hydrogens (tertiary/aromatic N) is 5. The molecule has 2 heterocycles. The monoisotopic (exact) mass is 430 g/mol. The molecular formula is C24H26N6O2. The van der Waals surface area contributed by atoms with Crippen LogP contribution in [0.25, 0.3) is 11.0 Å². The number of carbonyl (C=O) groups excluding carboxylic acids is 1. The summed E-state index contributed by atoms with van der Waals surface area (Å²) in [6.07, 6.45) is 0. The Labute approximate surface area is 187 Å². The van der Waals surface area contributed by atoms with Crippen molar-refractivity contribution in [3.8, 4) is 11.8 Å². The number of fused-ring (bicyclic) bond motifs is 1. The molecule has 4 rings (SSSR count). The summed E-state index contributed by atoms with van der Waals surface area (Å²) < 4.78 is 5.17. The van der Waals surface area contributed by atoms with Gasteiger partial charge in [0.15, 0.2) is 11.7 Å². The third kappa shape index (κ3) is 4.63. The van der Waals surface area contributed by atoms with Gasteiger partial charge in [0.1, 0.15) is 11.4 Å². The number of hydrogen-bond donors (Lipinski definition) is 1. The molecule has 1 aliphatic rings. The molecule has 2 aromatic carbocycles. The van der Waals surface area contributed by atoms with Gasteiger partial charge in [-0.1, -0.05) is 24.3 Å². The van der Waals surface area contributed by atoms with Gasteiger partial charge >= 0.3 is 0 Å². The summed E-state index contributed by atoms with van der Waals surface area (Å²) in [7, 11) is 3.69. The summed E-state index contributed by atoms with van der Waals surface area (Å²) in [5.74, 6) is -0.0792. The molecule has 0 saturated carbocycles. The van der Waals surface area contributed by atoms with E-state index in [4.69, 9.17) is 14.7 Å². The van der Waals surface area contributed by atoms with Crippen LogP contribution in [0.3, 0.4) is 0 Å². The van der Waals surface area contributed by atoms with Crippen LogP contribution in [0.2, 0.25) is 0 Å². The Balaban J connectivity index is 1.61. The van der Waals surface area contributed by atoms with Gasteiger partial charge in [-0.2, -0.15) is 5.26 Å². The van der Waals surface area contributed by atoms with Crippen LogP contribution in [0.15, 0.2) is 48.5 Å². The Kier molecular flexibility index (Phi) is 6.47. The highest BCUT2D eigenvalue weighted by atomic mass is 16.5. The third-order valence-corrected chi connectivity index (χ3v) is 5.67. The molecular weight excluding hydrogens is 404 g/mol. The maximum atomic E-state index is 13.0. The van der Waals surface area contributed by atoms with Crippen molar-refractivity contribution in [2.24, 2.45) is 0 Å². The van der Waals surface area contributed by atoms with E-state index in [0.29, 0.717) is 23.6 Å². The summed E-state index contributed by atoms with van der Waals surface area (Å²) in [6.45, 7) is 3.61. The molecule has 32 heavy (non-hydrogen) atoms. The number of nitrogens with one attached hydrogen (secondary N) is 1. The standard InChI is InChI=1S/C24H26N6O2/c1-29-11-13-30(14-12-29)23-22(27-20-5-3-4-6-21(20)28-23)19(15-25)24(31)26-16-17-7-9-18(32-2)10-8-17/h3-10,19H,11-14,16H2,1-2H3,(H,26,31)/t19-/m1/s1. The summed E-state index contributed by atoms with van der Waals surface area (Å²) >= 11 is 0. The average Bonchev–Trinajstić information content (AvgIpc) is 2.83. The topological polar surface area (TPSA) is 94.4 Å². The lowest BCUT2D eigenvalue weighted by molar-refractivity contribution is -0.121. The fraction of sp³-hybridized carbons (Fsp3) is 0.333. The van der Waals surface area contributed by atoms with Gasteiger partial charge in [0, 0.05) is 32.7 Å². The van der Waals surface area contributed by atoms with E-state index >= 15 is 0 Å². The number of benzene rings is 2. The summed E-state index contributed by atoms with van der Waals surface area (Å²) in [4.78, 5) is 26.9. The molecule has 8 nitrogen and oxygen atoms in total. The minimum atomic E-state index is -1.06. The van der Waals surface area contributed by atoms with E-state index in [1.54, 1.807) is 7.11 Å². The molecule has 0 aliphatic carbocycles. The van der Waals surface area contributed by atoms with Crippen LogP contribution in [0.5, 0.6) is 5.75 Å². The molecule has 1 atom stereocenters. The lowest BCUT2D eigenvalue weighted by atomic mass is 10.0. The quantitative estimate of drug-likeness (QED) is 0.641. The molecule has 164 valence electrons. The number of nitriles is 1. The van der Waals surface area contributed by atoms with Crippen molar-refractivity contribution in [2.45, 2.75) is 12.5 Å². The Morgan fingerprint density at radius 3 is 2.38 bits per heavy atom. The summed E-state index contributed by atoms with van der Waals surface area (Å²) in [6, 6.07) is 17.1. The number of ether oxygens (including phenoxy) is 1. The lowest BCUT2D eigenvalue weighted by Gasteiger charge is -2.34. The van der Waals surface area contributed by atoms with Crippen molar-refractivity contribution < 1.29 is 9.53 Å². The number of rotatable bonds is 6. The zero-order valence-corrected chi connectivity index (χ0v) is 18.3. The molecule has 0 spiro atoms. The first kappa shape index (κ1) is 21.5. The minimum Gasteiger partial charge on any atom is -0.497 e. The molecule has 1 saturated heterocycles. The van der Waals surface area contributed by atoms with E-state index in [9.17, 15) is 10.1 Å². The van der Waals surface area contributed by atoms with Gasteiger partial charge in [0.05, 0.1) is 24.2 Å². The van der Waals surface area contributed by atoms with Crippen molar-refractivity contribution in [1.82, 2.24) is 20.2 Å². The fourth-order valence-corrected chi connectivity index (χ4v) is 3.73. The van der Waals surface area contributed by atoms with Crippen molar-refractivity contribution >= 4 is 22.8 Å². The molecule has 1 fully saturated rings. The molecule has 3 aromatic rings. The number of methoxy groups -OCH3 is 1. The highest BCUT2D eigenvalue weighted by Crippen LogP contribution is 2.28. The van der Waals surface area contributed by atoms with Gasteiger partial charge in [-0.05, 0) is 36.9 Å². The van der Waals surface area contributed by atoms with Gasteiger partial charge in [-0.25, -0.2) is 9.97 Å². The van der Waals surface area contributed by atoms with Crippen molar-refractivity contribution in [3.05, 3.63) is 59.8 Å². The van der Waals surface area contributed by atoms with Crippen LogP contribution in [0.4, 0.5) is 5.82 Å². The second-order valence-electron chi connectivity index (χ2n) is 7.84. The number of likely N-dealkylation sites (N-methyl/N-ethyl adjacent to an activating group) is 1. The van der Waals surface area contributed by atoms with E-state index in [2.05, 4.69) is 28.2 Å². The van der Waals surface area contributed by atoms with Crippen molar-refractivity contribution in [3.63, 3.8) is 0 Å². The van der Waals surface area contributed by atoms with Crippen LogP contribution in [0, 0.1) is 11.3 Å². The Morgan fingerprint density at radius 2 is 1.75 bits per heavy atom. The van der Waals surface area contributed by atoms with Crippen LogP contribution >= 0.6 is 0 Å². The zero-order chi connectivity index (χ0) is 22.5. The summed E-state index contributed by atoms with van der Waals surface area (Å²) in [5.41, 5.74) is 2.74. The first-order chi connectivity index (χ1) is 15.6. The first-order valence-electron chi connectivity index (χ1n) is 10.6. The van der Waals surface area contributed by atoms with Crippen LogP contribution in [-0.4, -0.2) is 61.1 Å². The Morgan fingerprint density at radius 1 is 1.09 bits per heavy atom. The normalized spacial score (nSPS) is 15.2. The number of aromatic nitrogens is 2. The van der Waals surface area contributed by atoms with Gasteiger partial charge in [0.2, 0.25) is 5.91 Å². The number of piperazine rings is 1. The van der Waals surface area contributed by atoms with E-state index in [1.165, 1.54) is 0 Å². The Bertz CT molecular complexity index is 1130. The van der Waals surface area contributed by atoms with E-state index < -0.39 is 5.92 Å². The highest BCUT2D eigenvalue weighted by Gasteiger charge is 2.29. The minimum absolute atomic E-state index is 0.311. The predicted octanol–water partition coefficient (Wildman–Crippen LogP) is 2.31. The molecule has 0 radical (unpaired) electrons. The second-order valence-corrected chi connectivity index (χ2v) is 7.84. The molecule has 1 aliphatic heterocycles. The van der Waals surface area contributed by atoms with E-state index in [-0.39, 0.29) is 5.91 Å². The molecule has 1 N–H and O–H groups in total. The molecule has 8 heteroatoms. The van der Waals surface area contributed by atoms with Gasteiger partial charge in [-0.3, -0.25) is 4.79 Å². The second kappa shape index (κ2) is 9.62. The largest absolute Gasteiger partial charge is 0.497 e. The maximum Gasteiger partial charge on any atom is 0.243 e. The Hall–Kier alpha value is -3.70. The highest BCUT2D eigenvalue weighted by molar-refractivity contribution is 5.88. The summed E-state index contributed by atoms with van der Waals surface area (Å²) in [5, 5.41) is 12.8. The number of para-hydroxylation sites is 2. The number of anilines is 1. The smallest absolute Gasteiger partial charge is 0.243 e. The van der Waals surface area contributed by atoms with Crippen LogP contribution < -0.4 is 15.0 Å². The lowest BCUT2D eigenvalue weighted by Crippen LogP contribution is -2.45. The zero-order valence-electron chi connectivity index (χ0n) is 18.3. The molecule has 0 unspecified atom stereocenters. The SMILES string of the molecule is COc1ccc(CNC(=O)[C@H](C#N)c2nc3ccccc3nc2N2CCN(C)CC2)cc1. The third-order valence-electron chi connectivity index (χ3n) is 5.67. The number of carbonyl (C=O) groups is 1. The first-order valence-corrected chi connectivity index (χ1v) is 10.6. The van der Waals surface area contributed by atoms with Crippen molar-refractivity contribution in [2.75, 3.05) is 45.2 Å². The van der Waals surface area contributed by atoms with Gasteiger partial charge in [-0.15, -0.1) is 0 Å². The van der Waals surface area contributed by atoms with Crippen LogP contribution in [0.1, 0.15) is 17.2 Å². The van der Waals surface area contributed by atoms with E-state index in [1.807, 2.05) is 48.5 Å². The fourth-order valence-electron chi connectivity index (χ4n) is 3.73. The number of hydrogen-bond acceptors (Lipinski definition) is 7. The number of amides is 1. The van der Waals surface area contributed by atoms with Crippen LogP contribution in [-0.2, 0) is 11.3 Å². The van der Waals surface area contributed by atoms with E-state index in [0.717, 1.165) is 43.0 Å². The molecule has 1 amide bonds. The maximum absolute atomic E-state index is 13.0. The average molecular weight is 431 g/mol. The van der Waals surface area contributed by atoms with Gasteiger partial charge in [0.25, 0.3) is 0 Å². The van der Waals surface area contributed by atoms with Gasteiger partial charge < -0.3 is 19.9 Å². The molecule has 0 bridgehead atoms.